The highest BCUT2D eigenvalue weighted by Crippen LogP contribution is 2.25. The molecule has 1 aromatic heterocycles. The van der Waals surface area contributed by atoms with Crippen LogP contribution in [-0.4, -0.2) is 40.0 Å². The Balaban J connectivity index is 1.67. The van der Waals surface area contributed by atoms with Gasteiger partial charge in [0.05, 0.1) is 10.9 Å². The summed E-state index contributed by atoms with van der Waals surface area (Å²) in [7, 11) is 0. The molecule has 2 atom stereocenters. The van der Waals surface area contributed by atoms with Crippen molar-refractivity contribution in [3.8, 4) is 0 Å². The number of aliphatic carboxylic acids is 1. The summed E-state index contributed by atoms with van der Waals surface area (Å²) in [5.41, 5.74) is 0.893. The first-order chi connectivity index (χ1) is 12.0. The lowest BCUT2D eigenvalue weighted by Crippen LogP contribution is -2.45. The van der Waals surface area contributed by atoms with E-state index in [2.05, 4.69) is 4.98 Å². The van der Waals surface area contributed by atoms with Crippen LogP contribution in [0.5, 0.6) is 0 Å². The molecule has 0 bridgehead atoms. The maximum absolute atomic E-state index is 13.7. The number of piperidine rings is 1. The standard InChI is InChI=1S/C18H19FN2O3S/c1-11-9-21(7-6-13(11)18(23)24)17(22)15-10-25-16(20-15)8-12-4-2-3-5-14(12)19/h2-5,10-11,13H,6-9H2,1H3,(H,23,24)/t11-,13+/m1/s1. The van der Waals surface area contributed by atoms with E-state index in [1.54, 1.807) is 28.5 Å². The maximum Gasteiger partial charge on any atom is 0.306 e. The number of rotatable bonds is 4. The quantitative estimate of drug-likeness (QED) is 0.907. The van der Waals surface area contributed by atoms with Crippen molar-refractivity contribution < 1.29 is 19.1 Å². The van der Waals surface area contributed by atoms with Gasteiger partial charge in [-0.2, -0.15) is 0 Å². The van der Waals surface area contributed by atoms with Gasteiger partial charge in [-0.15, -0.1) is 11.3 Å². The normalized spacial score (nSPS) is 20.5. The Kier molecular flexibility index (Phi) is 5.13. The molecule has 0 aliphatic carbocycles. The van der Waals surface area contributed by atoms with Crippen LogP contribution in [0.25, 0.3) is 0 Å². The van der Waals surface area contributed by atoms with Gasteiger partial charge in [0.2, 0.25) is 0 Å². The molecule has 1 saturated heterocycles. The van der Waals surface area contributed by atoms with Crippen LogP contribution >= 0.6 is 11.3 Å². The summed E-state index contributed by atoms with van der Waals surface area (Å²) in [6.07, 6.45) is 0.802. The number of carboxylic acid groups (broad SMARTS) is 1. The average Bonchev–Trinajstić information content (AvgIpc) is 3.04. The molecule has 0 radical (unpaired) electrons. The van der Waals surface area contributed by atoms with Gasteiger partial charge >= 0.3 is 5.97 Å². The first-order valence-corrected chi connectivity index (χ1v) is 9.03. The third kappa shape index (κ3) is 3.87. The highest BCUT2D eigenvalue weighted by atomic mass is 32.1. The smallest absolute Gasteiger partial charge is 0.306 e. The van der Waals surface area contributed by atoms with Crippen LogP contribution in [0.1, 0.15) is 34.4 Å². The van der Waals surface area contributed by atoms with E-state index in [1.807, 2.05) is 6.92 Å². The van der Waals surface area contributed by atoms with Crippen LogP contribution in [0.2, 0.25) is 0 Å². The molecule has 132 valence electrons. The molecule has 1 aromatic carbocycles. The van der Waals surface area contributed by atoms with Crippen molar-refractivity contribution in [2.45, 2.75) is 19.8 Å². The van der Waals surface area contributed by atoms with Crippen LogP contribution in [0.3, 0.4) is 0 Å². The molecule has 7 heteroatoms. The summed E-state index contributed by atoms with van der Waals surface area (Å²) in [6, 6.07) is 6.52. The molecule has 5 nitrogen and oxygen atoms in total. The van der Waals surface area contributed by atoms with Crippen molar-refractivity contribution in [2.75, 3.05) is 13.1 Å². The summed E-state index contributed by atoms with van der Waals surface area (Å²) >= 11 is 1.33. The third-order valence-corrected chi connectivity index (χ3v) is 5.43. The molecule has 0 unspecified atom stereocenters. The minimum atomic E-state index is -0.805. The topological polar surface area (TPSA) is 70.5 Å². The Morgan fingerprint density at radius 1 is 1.40 bits per heavy atom. The molecular weight excluding hydrogens is 343 g/mol. The Morgan fingerprint density at radius 3 is 2.84 bits per heavy atom. The predicted molar refractivity (Wildman–Crippen MR) is 92.1 cm³/mol. The summed E-state index contributed by atoms with van der Waals surface area (Å²) in [6.45, 7) is 2.68. The molecule has 2 aromatic rings. The summed E-state index contributed by atoms with van der Waals surface area (Å²) in [4.78, 5) is 29.8. The van der Waals surface area contributed by atoms with Gasteiger partial charge in [0, 0.05) is 24.9 Å². The zero-order valence-electron chi connectivity index (χ0n) is 13.8. The number of carbonyl (C=O) groups is 2. The number of amides is 1. The summed E-state index contributed by atoms with van der Waals surface area (Å²) < 4.78 is 13.7. The molecule has 2 heterocycles. The number of benzene rings is 1. The van der Waals surface area contributed by atoms with Gasteiger partial charge in [-0.3, -0.25) is 9.59 Å². The maximum atomic E-state index is 13.7. The first kappa shape index (κ1) is 17.5. The monoisotopic (exact) mass is 362 g/mol. The molecule has 1 N–H and O–H groups in total. The van der Waals surface area contributed by atoms with Crippen LogP contribution in [0.4, 0.5) is 4.39 Å². The van der Waals surface area contributed by atoms with E-state index in [4.69, 9.17) is 0 Å². The summed E-state index contributed by atoms with van der Waals surface area (Å²) in [5, 5.41) is 11.5. The Labute approximate surface area is 149 Å². The molecule has 0 spiro atoms. The van der Waals surface area contributed by atoms with E-state index in [0.717, 1.165) is 0 Å². The second kappa shape index (κ2) is 7.31. The SMILES string of the molecule is C[C@@H]1CN(C(=O)c2csc(Cc3ccccc3F)n2)CC[C@@H]1C(=O)O. The molecule has 25 heavy (non-hydrogen) atoms. The highest BCUT2D eigenvalue weighted by Gasteiger charge is 2.33. The molecule has 0 saturated carbocycles. The van der Waals surface area contributed by atoms with Crippen molar-refractivity contribution in [1.29, 1.82) is 0 Å². The molecule has 1 aliphatic rings. The Bertz CT molecular complexity index is 792. The van der Waals surface area contributed by atoms with Gasteiger partial charge < -0.3 is 10.0 Å². The predicted octanol–water partition coefficient (Wildman–Crippen LogP) is 3.06. The van der Waals surface area contributed by atoms with Gasteiger partial charge in [0.15, 0.2) is 0 Å². The van der Waals surface area contributed by atoms with E-state index < -0.39 is 11.9 Å². The molecule has 1 amide bonds. The van der Waals surface area contributed by atoms with E-state index >= 15 is 0 Å². The number of carbonyl (C=O) groups excluding carboxylic acids is 1. The fourth-order valence-corrected chi connectivity index (χ4v) is 3.94. The fraction of sp³-hybridized carbons (Fsp3) is 0.389. The summed E-state index contributed by atoms with van der Waals surface area (Å²) in [5.74, 6) is -1.77. The first-order valence-electron chi connectivity index (χ1n) is 8.15. The van der Waals surface area contributed by atoms with Gasteiger partial charge in [-0.1, -0.05) is 25.1 Å². The number of nitrogens with zero attached hydrogens (tertiary/aromatic N) is 2. The average molecular weight is 362 g/mol. The second-order valence-corrected chi connectivity index (χ2v) is 7.30. The highest BCUT2D eigenvalue weighted by molar-refractivity contribution is 7.09. The number of hydrogen-bond donors (Lipinski definition) is 1. The zero-order valence-corrected chi connectivity index (χ0v) is 14.6. The van der Waals surface area contributed by atoms with Crippen LogP contribution in [0.15, 0.2) is 29.6 Å². The van der Waals surface area contributed by atoms with E-state index in [9.17, 15) is 19.1 Å². The van der Waals surface area contributed by atoms with Crippen LogP contribution < -0.4 is 0 Å². The number of likely N-dealkylation sites (tertiary alicyclic amines) is 1. The molecule has 1 aliphatic heterocycles. The molecular formula is C18H19FN2O3S. The number of halogens is 1. The van der Waals surface area contributed by atoms with Gasteiger partial charge in [-0.05, 0) is 24.0 Å². The second-order valence-electron chi connectivity index (χ2n) is 6.36. The Morgan fingerprint density at radius 2 is 2.16 bits per heavy atom. The third-order valence-electron chi connectivity index (χ3n) is 4.58. The van der Waals surface area contributed by atoms with E-state index in [-0.39, 0.29) is 17.6 Å². The van der Waals surface area contributed by atoms with Gasteiger partial charge in [0.1, 0.15) is 11.5 Å². The van der Waals surface area contributed by atoms with Gasteiger partial charge in [-0.25, -0.2) is 9.37 Å². The number of hydrogen-bond acceptors (Lipinski definition) is 4. The van der Waals surface area contributed by atoms with Crippen LogP contribution in [0, 0.1) is 17.7 Å². The minimum absolute atomic E-state index is 0.0910. The minimum Gasteiger partial charge on any atom is -0.481 e. The van der Waals surface area contributed by atoms with Crippen molar-refractivity contribution in [1.82, 2.24) is 9.88 Å². The van der Waals surface area contributed by atoms with Crippen molar-refractivity contribution in [3.63, 3.8) is 0 Å². The lowest BCUT2D eigenvalue weighted by Gasteiger charge is -2.34. The fourth-order valence-electron chi connectivity index (χ4n) is 3.15. The molecule has 3 rings (SSSR count). The lowest BCUT2D eigenvalue weighted by atomic mass is 9.87. The molecule has 1 fully saturated rings. The Hall–Kier alpha value is -2.28. The van der Waals surface area contributed by atoms with E-state index in [1.165, 1.54) is 17.4 Å². The largest absolute Gasteiger partial charge is 0.481 e. The lowest BCUT2D eigenvalue weighted by molar-refractivity contribution is -0.145. The van der Waals surface area contributed by atoms with Crippen LogP contribution in [-0.2, 0) is 11.2 Å². The van der Waals surface area contributed by atoms with Gasteiger partial charge in [0.25, 0.3) is 5.91 Å². The number of thiazole rings is 1. The number of carboxylic acids is 1. The van der Waals surface area contributed by atoms with Crippen molar-refractivity contribution in [2.24, 2.45) is 11.8 Å². The van der Waals surface area contributed by atoms with E-state index in [0.29, 0.717) is 42.2 Å². The zero-order chi connectivity index (χ0) is 18.0. The van der Waals surface area contributed by atoms with Crippen molar-refractivity contribution >= 4 is 23.2 Å². The van der Waals surface area contributed by atoms with Crippen molar-refractivity contribution in [3.05, 3.63) is 51.7 Å². The number of aromatic nitrogens is 1.